The number of rotatable bonds is 2. The standard InChI is InChI=1S/C14H23NO2/c1-9-4-2-7-12(9)15-8-10-5-3-6-11(10)13(15)14(16)17/h9-13H,2-8H2,1H3,(H,16,17). The Kier molecular flexibility index (Phi) is 2.89. The summed E-state index contributed by atoms with van der Waals surface area (Å²) < 4.78 is 0. The molecule has 0 radical (unpaired) electrons. The maximum atomic E-state index is 11.6. The zero-order valence-electron chi connectivity index (χ0n) is 10.6. The molecule has 3 rings (SSSR count). The van der Waals surface area contributed by atoms with Crippen molar-refractivity contribution in [2.75, 3.05) is 6.54 Å². The Hall–Kier alpha value is -0.570. The molecular weight excluding hydrogens is 214 g/mol. The van der Waals surface area contributed by atoms with Gasteiger partial charge < -0.3 is 5.11 Å². The Morgan fingerprint density at radius 3 is 2.59 bits per heavy atom. The van der Waals surface area contributed by atoms with E-state index in [1.165, 1.54) is 32.1 Å². The third kappa shape index (κ3) is 1.79. The van der Waals surface area contributed by atoms with Crippen LogP contribution < -0.4 is 0 Å². The highest BCUT2D eigenvalue weighted by Gasteiger charge is 2.50. The Bertz CT molecular complexity index is 317. The van der Waals surface area contributed by atoms with Crippen LogP contribution in [0.1, 0.15) is 45.4 Å². The van der Waals surface area contributed by atoms with E-state index in [0.29, 0.717) is 23.8 Å². The largest absolute Gasteiger partial charge is 0.480 e. The number of carboxylic acids is 1. The highest BCUT2D eigenvalue weighted by molar-refractivity contribution is 5.74. The fraction of sp³-hybridized carbons (Fsp3) is 0.929. The summed E-state index contributed by atoms with van der Waals surface area (Å²) in [4.78, 5) is 13.9. The first-order valence-electron chi connectivity index (χ1n) is 7.17. The van der Waals surface area contributed by atoms with Crippen molar-refractivity contribution in [3.8, 4) is 0 Å². The van der Waals surface area contributed by atoms with E-state index in [1.807, 2.05) is 0 Å². The molecule has 0 amide bonds. The molecule has 1 N–H and O–H groups in total. The number of likely N-dealkylation sites (tertiary alicyclic amines) is 1. The Labute approximate surface area is 103 Å². The van der Waals surface area contributed by atoms with Crippen molar-refractivity contribution in [2.45, 2.75) is 57.5 Å². The van der Waals surface area contributed by atoms with Gasteiger partial charge in [-0.3, -0.25) is 9.69 Å². The molecular formula is C14H23NO2. The molecule has 2 aliphatic carbocycles. The summed E-state index contributed by atoms with van der Waals surface area (Å²) in [5, 5.41) is 9.54. The van der Waals surface area contributed by atoms with Crippen LogP contribution in [0.5, 0.6) is 0 Å². The smallest absolute Gasteiger partial charge is 0.321 e. The average molecular weight is 237 g/mol. The third-order valence-corrected chi connectivity index (χ3v) is 5.42. The average Bonchev–Trinajstić information content (AvgIpc) is 2.89. The topological polar surface area (TPSA) is 40.5 Å². The van der Waals surface area contributed by atoms with Gasteiger partial charge in [0.2, 0.25) is 0 Å². The van der Waals surface area contributed by atoms with Crippen molar-refractivity contribution in [3.05, 3.63) is 0 Å². The van der Waals surface area contributed by atoms with E-state index in [4.69, 9.17) is 0 Å². The number of fused-ring (bicyclic) bond motifs is 1. The second-order valence-electron chi connectivity index (χ2n) is 6.31. The normalized spacial score (nSPS) is 46.3. The van der Waals surface area contributed by atoms with E-state index >= 15 is 0 Å². The first kappa shape index (κ1) is 11.5. The predicted octanol–water partition coefficient (Wildman–Crippen LogP) is 2.36. The molecule has 0 spiro atoms. The van der Waals surface area contributed by atoms with Gasteiger partial charge in [0.1, 0.15) is 6.04 Å². The quantitative estimate of drug-likeness (QED) is 0.801. The molecule has 0 aromatic carbocycles. The van der Waals surface area contributed by atoms with Crippen LogP contribution in [0.2, 0.25) is 0 Å². The maximum absolute atomic E-state index is 11.6. The van der Waals surface area contributed by atoms with Crippen molar-refractivity contribution in [1.82, 2.24) is 4.90 Å². The monoisotopic (exact) mass is 237 g/mol. The fourth-order valence-corrected chi connectivity index (χ4v) is 4.62. The van der Waals surface area contributed by atoms with Crippen LogP contribution in [0, 0.1) is 17.8 Å². The molecule has 0 aromatic heterocycles. The van der Waals surface area contributed by atoms with Crippen LogP contribution >= 0.6 is 0 Å². The zero-order chi connectivity index (χ0) is 12.0. The summed E-state index contributed by atoms with van der Waals surface area (Å²) in [6.45, 7) is 3.35. The number of nitrogens with zero attached hydrogens (tertiary/aromatic N) is 1. The van der Waals surface area contributed by atoms with Gasteiger partial charge in [-0.2, -0.15) is 0 Å². The highest BCUT2D eigenvalue weighted by Crippen LogP contribution is 2.45. The summed E-state index contributed by atoms with van der Waals surface area (Å²) in [5.74, 6) is 1.23. The molecule has 3 fully saturated rings. The van der Waals surface area contributed by atoms with Crippen LogP contribution in [-0.4, -0.2) is 34.6 Å². The van der Waals surface area contributed by atoms with Crippen LogP contribution in [0.3, 0.4) is 0 Å². The Morgan fingerprint density at radius 2 is 1.94 bits per heavy atom. The lowest BCUT2D eigenvalue weighted by atomic mass is 9.93. The van der Waals surface area contributed by atoms with E-state index in [2.05, 4.69) is 11.8 Å². The van der Waals surface area contributed by atoms with Crippen LogP contribution in [0.25, 0.3) is 0 Å². The van der Waals surface area contributed by atoms with Gasteiger partial charge in [-0.1, -0.05) is 19.8 Å². The second kappa shape index (κ2) is 4.27. The molecule has 1 aliphatic heterocycles. The van der Waals surface area contributed by atoms with E-state index in [-0.39, 0.29) is 6.04 Å². The number of aliphatic carboxylic acids is 1. The van der Waals surface area contributed by atoms with Crippen molar-refractivity contribution < 1.29 is 9.90 Å². The van der Waals surface area contributed by atoms with Crippen molar-refractivity contribution in [1.29, 1.82) is 0 Å². The Morgan fingerprint density at radius 1 is 1.18 bits per heavy atom. The molecule has 0 aromatic rings. The number of hydrogen-bond donors (Lipinski definition) is 1. The number of hydrogen-bond acceptors (Lipinski definition) is 2. The van der Waals surface area contributed by atoms with Gasteiger partial charge >= 0.3 is 5.97 Å². The van der Waals surface area contributed by atoms with Crippen molar-refractivity contribution in [3.63, 3.8) is 0 Å². The molecule has 3 aliphatic rings. The van der Waals surface area contributed by atoms with E-state index in [1.54, 1.807) is 0 Å². The predicted molar refractivity (Wildman–Crippen MR) is 65.8 cm³/mol. The molecule has 3 heteroatoms. The number of carboxylic acid groups (broad SMARTS) is 1. The second-order valence-corrected chi connectivity index (χ2v) is 6.31. The molecule has 2 saturated carbocycles. The lowest BCUT2D eigenvalue weighted by Gasteiger charge is -2.32. The third-order valence-electron chi connectivity index (χ3n) is 5.42. The molecule has 5 atom stereocenters. The Balaban J connectivity index is 1.81. The molecule has 1 saturated heterocycles. The molecule has 17 heavy (non-hydrogen) atoms. The lowest BCUT2D eigenvalue weighted by molar-refractivity contribution is -0.144. The van der Waals surface area contributed by atoms with Gasteiger partial charge in [-0.25, -0.2) is 0 Å². The SMILES string of the molecule is CC1CCCC1N1CC2CCCC2C1C(=O)O. The van der Waals surface area contributed by atoms with E-state index < -0.39 is 5.97 Å². The van der Waals surface area contributed by atoms with Crippen LogP contribution in [0.4, 0.5) is 0 Å². The van der Waals surface area contributed by atoms with Gasteiger partial charge in [0, 0.05) is 12.6 Å². The van der Waals surface area contributed by atoms with Gasteiger partial charge in [-0.15, -0.1) is 0 Å². The van der Waals surface area contributed by atoms with Crippen molar-refractivity contribution in [2.24, 2.45) is 17.8 Å². The minimum Gasteiger partial charge on any atom is -0.480 e. The zero-order valence-corrected chi connectivity index (χ0v) is 10.6. The first-order valence-corrected chi connectivity index (χ1v) is 7.17. The number of carbonyl (C=O) groups is 1. The summed E-state index contributed by atoms with van der Waals surface area (Å²) in [5.41, 5.74) is 0. The van der Waals surface area contributed by atoms with Gasteiger partial charge in [0.05, 0.1) is 0 Å². The fourth-order valence-electron chi connectivity index (χ4n) is 4.62. The minimum absolute atomic E-state index is 0.173. The van der Waals surface area contributed by atoms with Crippen LogP contribution in [-0.2, 0) is 4.79 Å². The maximum Gasteiger partial charge on any atom is 0.321 e. The van der Waals surface area contributed by atoms with E-state index in [9.17, 15) is 9.90 Å². The lowest BCUT2D eigenvalue weighted by Crippen LogP contribution is -2.46. The van der Waals surface area contributed by atoms with E-state index in [0.717, 1.165) is 13.0 Å². The summed E-state index contributed by atoms with van der Waals surface area (Å²) >= 11 is 0. The molecule has 1 heterocycles. The minimum atomic E-state index is -0.571. The summed E-state index contributed by atoms with van der Waals surface area (Å²) in [7, 11) is 0. The first-order chi connectivity index (χ1) is 8.18. The summed E-state index contributed by atoms with van der Waals surface area (Å²) in [6.07, 6.45) is 7.41. The molecule has 5 unspecified atom stereocenters. The highest BCUT2D eigenvalue weighted by atomic mass is 16.4. The molecule has 0 bridgehead atoms. The van der Waals surface area contributed by atoms with Gasteiger partial charge in [-0.05, 0) is 43.4 Å². The van der Waals surface area contributed by atoms with Crippen molar-refractivity contribution >= 4 is 5.97 Å². The van der Waals surface area contributed by atoms with Crippen LogP contribution in [0.15, 0.2) is 0 Å². The molecule has 3 nitrogen and oxygen atoms in total. The summed E-state index contributed by atoms with van der Waals surface area (Å²) in [6, 6.07) is 0.370. The molecule has 96 valence electrons. The van der Waals surface area contributed by atoms with Gasteiger partial charge in [0.25, 0.3) is 0 Å². The van der Waals surface area contributed by atoms with Gasteiger partial charge in [0.15, 0.2) is 0 Å².